The number of nitrogens with two attached hydrogens (primary N) is 1. The van der Waals surface area contributed by atoms with Gasteiger partial charge < -0.3 is 0 Å². The summed E-state index contributed by atoms with van der Waals surface area (Å²) in [5.41, 5.74) is 0. The van der Waals surface area contributed by atoms with Crippen LogP contribution in [0.15, 0.2) is 10.2 Å². The van der Waals surface area contributed by atoms with Crippen molar-refractivity contribution < 1.29 is 23.8 Å². The van der Waals surface area contributed by atoms with Crippen LogP contribution in [-0.2, 0) is 0 Å². The van der Waals surface area contributed by atoms with Crippen molar-refractivity contribution in [1.29, 1.82) is 0 Å². The Balaban J connectivity index is 3.99. The van der Waals surface area contributed by atoms with E-state index >= 15 is 0 Å². The fourth-order valence-corrected chi connectivity index (χ4v) is 2.40. The number of aliphatic hydroxyl groups excluding tert-OH is 1. The van der Waals surface area contributed by atoms with Crippen molar-refractivity contribution in [1.82, 2.24) is 5.32 Å². The second-order valence-electron chi connectivity index (χ2n) is 3.29. The van der Waals surface area contributed by atoms with Gasteiger partial charge in [-0.05, 0) is 0 Å². The van der Waals surface area contributed by atoms with Gasteiger partial charge in [-0.2, -0.15) is 0 Å². The molecular formula is C8H20IN2O-. The Morgan fingerprint density at radius 1 is 1.50 bits per heavy atom. The monoisotopic (exact) mass is 287 g/mol. The number of halogens is 1. The quantitative estimate of drug-likeness (QED) is 0.223. The Morgan fingerprint density at radius 2 is 2.00 bits per heavy atom. The van der Waals surface area contributed by atoms with Gasteiger partial charge in [0.05, 0.1) is 0 Å². The molecule has 0 heterocycles. The third-order valence-electron chi connectivity index (χ3n) is 1.49. The fourth-order valence-electron chi connectivity index (χ4n) is 0.670. The molecule has 0 radical (unpaired) electrons. The molecular weight excluding hydrogens is 267 g/mol. The van der Waals surface area contributed by atoms with Crippen LogP contribution in [-0.4, -0.2) is 28.2 Å². The zero-order chi connectivity index (χ0) is 9.78. The second kappa shape index (κ2) is 5.16. The SMILES string of the molecule is CNC(O)C(C)/C=C\[I-](C)(C)N. The zero-order valence-corrected chi connectivity index (χ0v) is 10.4. The van der Waals surface area contributed by atoms with Gasteiger partial charge in [-0.15, -0.1) is 0 Å². The summed E-state index contributed by atoms with van der Waals surface area (Å²) in [6.07, 6.45) is 1.53. The van der Waals surface area contributed by atoms with Crippen LogP contribution in [0.5, 0.6) is 0 Å². The van der Waals surface area contributed by atoms with Crippen LogP contribution in [0, 0.1) is 5.92 Å². The first-order chi connectivity index (χ1) is 5.37. The summed E-state index contributed by atoms with van der Waals surface area (Å²) in [6.45, 7) is 1.96. The maximum atomic E-state index is 9.34. The molecule has 76 valence electrons. The van der Waals surface area contributed by atoms with Gasteiger partial charge >= 0.3 is 79.2 Å². The van der Waals surface area contributed by atoms with Gasteiger partial charge in [0.1, 0.15) is 0 Å². The molecule has 0 aromatic heterocycles. The maximum absolute atomic E-state index is 9.34. The number of alkyl halides is 2. The van der Waals surface area contributed by atoms with E-state index in [1.54, 1.807) is 7.05 Å². The van der Waals surface area contributed by atoms with Crippen LogP contribution >= 0.6 is 0 Å². The molecule has 0 saturated heterocycles. The van der Waals surface area contributed by atoms with E-state index in [1.165, 1.54) is 0 Å². The minimum absolute atomic E-state index is 0.126. The average Bonchev–Trinajstić information content (AvgIpc) is 1.97. The standard InChI is InChI=1S/C8H20IN2O/c1-7(8(12)11-4)5-6-9(2,3)10/h5-8,11-12H,10H2,1-4H3/q-1/b6-5-. The van der Waals surface area contributed by atoms with E-state index in [0.717, 1.165) is 0 Å². The van der Waals surface area contributed by atoms with Gasteiger partial charge in [-0.1, -0.05) is 0 Å². The summed E-state index contributed by atoms with van der Waals surface area (Å²) < 4.78 is 8.00. The Labute approximate surface area is 79.3 Å². The average molecular weight is 287 g/mol. The van der Waals surface area contributed by atoms with Crippen LogP contribution in [0.25, 0.3) is 0 Å². The molecule has 0 aliphatic carbocycles. The van der Waals surface area contributed by atoms with Crippen molar-refractivity contribution in [2.45, 2.75) is 13.2 Å². The second-order valence-corrected chi connectivity index (χ2v) is 11.9. The van der Waals surface area contributed by atoms with E-state index < -0.39 is 24.9 Å². The molecule has 0 aliphatic heterocycles. The third kappa shape index (κ3) is 5.93. The molecule has 12 heavy (non-hydrogen) atoms. The first kappa shape index (κ1) is 12.3. The molecule has 0 aromatic rings. The summed E-state index contributed by atoms with van der Waals surface area (Å²) in [6, 6.07) is 0. The van der Waals surface area contributed by atoms with E-state index in [-0.39, 0.29) is 5.92 Å². The van der Waals surface area contributed by atoms with E-state index in [2.05, 4.69) is 19.3 Å². The van der Waals surface area contributed by atoms with E-state index in [4.69, 9.17) is 3.95 Å². The van der Waals surface area contributed by atoms with Crippen molar-refractivity contribution in [2.24, 2.45) is 9.86 Å². The van der Waals surface area contributed by atoms with Gasteiger partial charge in [0.25, 0.3) is 0 Å². The fraction of sp³-hybridized carbons (Fsp3) is 0.750. The summed E-state index contributed by atoms with van der Waals surface area (Å²) in [5.74, 6) is 0.126. The normalized spacial score (nSPS) is 19.5. The molecule has 2 unspecified atom stereocenters. The predicted molar refractivity (Wildman–Crippen MR) is 49.4 cm³/mol. The molecule has 0 spiro atoms. The van der Waals surface area contributed by atoms with E-state index in [1.807, 2.05) is 13.0 Å². The first-order valence-corrected chi connectivity index (χ1v) is 10.6. The first-order valence-electron chi connectivity index (χ1n) is 3.82. The molecule has 0 aliphatic rings. The van der Waals surface area contributed by atoms with Crippen molar-refractivity contribution in [3.05, 3.63) is 10.2 Å². The Hall–Kier alpha value is 0.350. The van der Waals surface area contributed by atoms with Crippen molar-refractivity contribution in [3.63, 3.8) is 0 Å². The molecule has 4 N–H and O–H groups in total. The molecule has 4 heteroatoms. The van der Waals surface area contributed by atoms with Crippen molar-refractivity contribution >= 4 is 0 Å². The van der Waals surface area contributed by atoms with Crippen LogP contribution < -0.4 is 28.0 Å². The van der Waals surface area contributed by atoms with Crippen LogP contribution in [0.4, 0.5) is 0 Å². The van der Waals surface area contributed by atoms with Crippen LogP contribution in [0.1, 0.15) is 6.92 Å². The number of rotatable bonds is 4. The molecule has 0 aromatic carbocycles. The summed E-state index contributed by atoms with van der Waals surface area (Å²) in [7, 11) is 1.74. The molecule has 0 fully saturated rings. The Morgan fingerprint density at radius 3 is 2.33 bits per heavy atom. The van der Waals surface area contributed by atoms with Crippen LogP contribution in [0.2, 0.25) is 0 Å². The van der Waals surface area contributed by atoms with E-state index in [9.17, 15) is 5.11 Å². The number of hydrogen-bond donors (Lipinski definition) is 3. The van der Waals surface area contributed by atoms with Gasteiger partial charge in [-0.25, -0.2) is 0 Å². The van der Waals surface area contributed by atoms with Gasteiger partial charge in [0.2, 0.25) is 0 Å². The zero-order valence-electron chi connectivity index (χ0n) is 8.21. The minimum atomic E-state index is -1.98. The van der Waals surface area contributed by atoms with Gasteiger partial charge in [-0.3, -0.25) is 0 Å². The molecule has 0 amide bonds. The molecule has 0 saturated carbocycles. The topological polar surface area (TPSA) is 58.3 Å². The van der Waals surface area contributed by atoms with Crippen LogP contribution in [0.3, 0.4) is 0 Å². The molecule has 3 nitrogen and oxygen atoms in total. The number of aliphatic hydroxyl groups is 1. The molecule has 0 bridgehead atoms. The van der Waals surface area contributed by atoms with Crippen molar-refractivity contribution in [3.8, 4) is 0 Å². The Bertz CT molecular complexity index is 154. The van der Waals surface area contributed by atoms with Gasteiger partial charge in [0.15, 0.2) is 0 Å². The van der Waals surface area contributed by atoms with Gasteiger partial charge in [0, 0.05) is 0 Å². The van der Waals surface area contributed by atoms with Crippen molar-refractivity contribution in [2.75, 3.05) is 16.9 Å². The number of nitrogens with one attached hydrogen (secondary N) is 1. The molecule has 2 atom stereocenters. The molecule has 0 rings (SSSR count). The summed E-state index contributed by atoms with van der Waals surface area (Å²) >= 11 is -1.98. The third-order valence-corrected chi connectivity index (χ3v) is 3.76. The predicted octanol–water partition coefficient (Wildman–Crippen LogP) is -3.03. The summed E-state index contributed by atoms with van der Waals surface area (Å²) in [4.78, 5) is 4.20. The number of hydrogen-bond acceptors (Lipinski definition) is 3. The summed E-state index contributed by atoms with van der Waals surface area (Å²) in [5, 5.41) is 12.1. The van der Waals surface area contributed by atoms with E-state index in [0.29, 0.717) is 0 Å². The Kier molecular flexibility index (Phi) is 5.31.